The van der Waals surface area contributed by atoms with Gasteiger partial charge in [0, 0.05) is 45.5 Å². The number of ether oxygens (including phenoxy) is 2. The first kappa shape index (κ1) is 24.1. The smallest absolute Gasteiger partial charge is 0.256 e. The Bertz CT molecular complexity index is 906. The highest BCUT2D eigenvalue weighted by atomic mass is 32.2. The summed E-state index contributed by atoms with van der Waals surface area (Å²) < 4.78 is 10.6. The fourth-order valence-corrected chi connectivity index (χ4v) is 3.97. The average Bonchev–Trinajstić information content (AvgIpc) is 2.84. The van der Waals surface area contributed by atoms with Crippen LogP contribution in [0.3, 0.4) is 0 Å². The molecule has 0 unspecified atom stereocenters. The van der Waals surface area contributed by atoms with E-state index in [1.54, 1.807) is 20.4 Å². The maximum absolute atomic E-state index is 13.0. The standard InChI is InChI=1S/C22H31N5O4S/c1-30-18-5-4-16(14-19(18)31-2)6-7-23-21(29)17-15-24-22(32-3)25-20(17)27-10-8-26(9-11-27)12-13-28/h4-5,14-15,28H,6-13H2,1-3H3,(H,23,29). The molecule has 1 aromatic heterocycles. The van der Waals surface area contributed by atoms with Gasteiger partial charge in [-0.15, -0.1) is 0 Å². The van der Waals surface area contributed by atoms with E-state index in [0.717, 1.165) is 31.7 Å². The molecule has 0 bridgehead atoms. The molecule has 1 saturated heterocycles. The Morgan fingerprint density at radius 2 is 1.94 bits per heavy atom. The summed E-state index contributed by atoms with van der Waals surface area (Å²) in [5.74, 6) is 1.82. The van der Waals surface area contributed by atoms with Crippen LogP contribution in [0.2, 0.25) is 0 Å². The highest BCUT2D eigenvalue weighted by Crippen LogP contribution is 2.27. The Balaban J connectivity index is 1.66. The van der Waals surface area contributed by atoms with Crippen molar-refractivity contribution >= 4 is 23.5 Å². The van der Waals surface area contributed by atoms with E-state index in [2.05, 4.69) is 25.1 Å². The summed E-state index contributed by atoms with van der Waals surface area (Å²) in [5.41, 5.74) is 1.52. The Morgan fingerprint density at radius 1 is 1.19 bits per heavy atom. The molecular formula is C22H31N5O4S. The van der Waals surface area contributed by atoms with E-state index in [1.165, 1.54) is 11.8 Å². The van der Waals surface area contributed by atoms with Crippen LogP contribution < -0.4 is 19.7 Å². The van der Waals surface area contributed by atoms with Gasteiger partial charge in [0.2, 0.25) is 0 Å². The first-order valence-corrected chi connectivity index (χ1v) is 11.8. The van der Waals surface area contributed by atoms with Crippen molar-refractivity contribution in [3.05, 3.63) is 35.5 Å². The van der Waals surface area contributed by atoms with Crippen molar-refractivity contribution in [2.75, 3.05) is 71.3 Å². The van der Waals surface area contributed by atoms with Crippen LogP contribution in [-0.2, 0) is 6.42 Å². The van der Waals surface area contributed by atoms with E-state index in [1.807, 2.05) is 24.5 Å². The number of aliphatic hydroxyl groups excluding tert-OH is 1. The van der Waals surface area contributed by atoms with E-state index >= 15 is 0 Å². The molecule has 9 nitrogen and oxygen atoms in total. The highest BCUT2D eigenvalue weighted by molar-refractivity contribution is 7.98. The Kier molecular flexibility index (Phi) is 8.95. The average molecular weight is 462 g/mol. The Labute approximate surface area is 193 Å². The molecule has 1 fully saturated rings. The van der Waals surface area contributed by atoms with Crippen molar-refractivity contribution in [1.82, 2.24) is 20.2 Å². The zero-order valence-electron chi connectivity index (χ0n) is 18.8. The largest absolute Gasteiger partial charge is 0.493 e. The Hall–Kier alpha value is -2.56. The number of rotatable bonds is 10. The molecule has 0 radical (unpaired) electrons. The van der Waals surface area contributed by atoms with E-state index in [9.17, 15) is 4.79 Å². The molecule has 2 heterocycles. The summed E-state index contributed by atoms with van der Waals surface area (Å²) in [7, 11) is 3.21. The number of anilines is 1. The molecular weight excluding hydrogens is 430 g/mol. The zero-order chi connectivity index (χ0) is 22.9. The number of carbonyl (C=O) groups is 1. The SMILES string of the molecule is COc1ccc(CCNC(=O)c2cnc(SC)nc2N2CCN(CCO)CC2)cc1OC. The number of piperazine rings is 1. The topological polar surface area (TPSA) is 100 Å². The quantitative estimate of drug-likeness (QED) is 0.401. The molecule has 0 aliphatic carbocycles. The molecule has 32 heavy (non-hydrogen) atoms. The van der Waals surface area contributed by atoms with Crippen LogP contribution in [0, 0.1) is 0 Å². The van der Waals surface area contributed by atoms with Gasteiger partial charge in [-0.1, -0.05) is 17.8 Å². The molecule has 0 atom stereocenters. The maximum atomic E-state index is 13.0. The van der Waals surface area contributed by atoms with Gasteiger partial charge >= 0.3 is 0 Å². The zero-order valence-corrected chi connectivity index (χ0v) is 19.7. The van der Waals surface area contributed by atoms with E-state index in [4.69, 9.17) is 14.6 Å². The number of carbonyl (C=O) groups excluding carboxylic acids is 1. The minimum Gasteiger partial charge on any atom is -0.493 e. The summed E-state index contributed by atoms with van der Waals surface area (Å²) in [4.78, 5) is 26.3. The van der Waals surface area contributed by atoms with Crippen molar-refractivity contribution in [3.8, 4) is 11.5 Å². The van der Waals surface area contributed by atoms with E-state index in [-0.39, 0.29) is 12.5 Å². The van der Waals surface area contributed by atoms with Crippen molar-refractivity contribution in [1.29, 1.82) is 0 Å². The van der Waals surface area contributed by atoms with Crippen LogP contribution in [0.25, 0.3) is 0 Å². The number of hydrogen-bond donors (Lipinski definition) is 2. The summed E-state index contributed by atoms with van der Waals surface area (Å²) in [6.45, 7) is 4.42. The number of thioether (sulfide) groups is 1. The maximum Gasteiger partial charge on any atom is 0.256 e. The fraction of sp³-hybridized carbons (Fsp3) is 0.500. The van der Waals surface area contributed by atoms with Gasteiger partial charge in [0.05, 0.1) is 20.8 Å². The minimum absolute atomic E-state index is 0.151. The van der Waals surface area contributed by atoms with Gasteiger partial charge in [0.1, 0.15) is 11.4 Å². The lowest BCUT2D eigenvalue weighted by atomic mass is 10.1. The third-order valence-corrected chi connectivity index (χ3v) is 5.97. The molecule has 0 spiro atoms. The second-order valence-corrected chi connectivity index (χ2v) is 8.11. The number of benzene rings is 1. The predicted octanol–water partition coefficient (Wildman–Crippen LogP) is 1.30. The number of amides is 1. The summed E-state index contributed by atoms with van der Waals surface area (Å²) >= 11 is 1.45. The van der Waals surface area contributed by atoms with Gasteiger partial charge in [0.25, 0.3) is 5.91 Å². The first-order valence-electron chi connectivity index (χ1n) is 10.6. The monoisotopic (exact) mass is 461 g/mol. The van der Waals surface area contributed by atoms with Gasteiger partial charge in [-0.25, -0.2) is 9.97 Å². The van der Waals surface area contributed by atoms with Crippen molar-refractivity contribution in [2.24, 2.45) is 0 Å². The molecule has 1 amide bonds. The van der Waals surface area contributed by atoms with Crippen molar-refractivity contribution < 1.29 is 19.4 Å². The molecule has 10 heteroatoms. The summed E-state index contributed by atoms with van der Waals surface area (Å²) in [5, 5.41) is 12.8. The van der Waals surface area contributed by atoms with Crippen LogP contribution in [0.1, 0.15) is 15.9 Å². The molecule has 2 N–H and O–H groups in total. The molecule has 1 aliphatic heterocycles. The molecule has 2 aromatic rings. The minimum atomic E-state index is -0.189. The van der Waals surface area contributed by atoms with Crippen LogP contribution in [0.4, 0.5) is 5.82 Å². The second kappa shape index (κ2) is 11.9. The van der Waals surface area contributed by atoms with Crippen LogP contribution in [0.5, 0.6) is 11.5 Å². The predicted molar refractivity (Wildman–Crippen MR) is 125 cm³/mol. The lowest BCUT2D eigenvalue weighted by Gasteiger charge is -2.35. The molecule has 174 valence electrons. The third-order valence-electron chi connectivity index (χ3n) is 5.41. The summed E-state index contributed by atoms with van der Waals surface area (Å²) in [6.07, 6.45) is 4.19. The number of nitrogens with zero attached hydrogens (tertiary/aromatic N) is 4. The van der Waals surface area contributed by atoms with Crippen molar-refractivity contribution in [3.63, 3.8) is 0 Å². The lowest BCUT2D eigenvalue weighted by Crippen LogP contribution is -2.48. The number of nitrogens with one attached hydrogen (secondary N) is 1. The van der Waals surface area contributed by atoms with Crippen LogP contribution in [-0.4, -0.2) is 92.2 Å². The molecule has 0 saturated carbocycles. The van der Waals surface area contributed by atoms with Crippen LogP contribution in [0.15, 0.2) is 29.6 Å². The number of hydrogen-bond acceptors (Lipinski definition) is 9. The normalized spacial score (nSPS) is 14.3. The van der Waals surface area contributed by atoms with Crippen molar-refractivity contribution in [2.45, 2.75) is 11.6 Å². The molecule has 3 rings (SSSR count). The van der Waals surface area contributed by atoms with Gasteiger partial charge in [-0.3, -0.25) is 9.69 Å². The number of methoxy groups -OCH3 is 2. The first-order chi connectivity index (χ1) is 15.6. The molecule has 1 aromatic carbocycles. The number of β-amino-alcohol motifs (C(OH)–C–C–N with tert-alkyl or cyclic N) is 1. The summed E-state index contributed by atoms with van der Waals surface area (Å²) in [6, 6.07) is 5.74. The van der Waals surface area contributed by atoms with E-state index < -0.39 is 0 Å². The van der Waals surface area contributed by atoms with Gasteiger partial charge < -0.3 is 24.8 Å². The third kappa shape index (κ3) is 6.02. The van der Waals surface area contributed by atoms with Gasteiger partial charge in [-0.05, 0) is 30.4 Å². The number of aromatic nitrogens is 2. The van der Waals surface area contributed by atoms with E-state index in [0.29, 0.717) is 47.5 Å². The second-order valence-electron chi connectivity index (χ2n) is 7.34. The fourth-order valence-electron chi connectivity index (χ4n) is 3.63. The Morgan fingerprint density at radius 3 is 2.59 bits per heavy atom. The lowest BCUT2D eigenvalue weighted by molar-refractivity contribution is 0.0953. The van der Waals surface area contributed by atoms with Gasteiger partial charge in [-0.2, -0.15) is 0 Å². The number of aliphatic hydroxyl groups is 1. The van der Waals surface area contributed by atoms with Crippen LogP contribution >= 0.6 is 11.8 Å². The van der Waals surface area contributed by atoms with Gasteiger partial charge in [0.15, 0.2) is 16.7 Å². The highest BCUT2D eigenvalue weighted by Gasteiger charge is 2.23. The molecule has 1 aliphatic rings.